The Kier molecular flexibility index (Phi) is 5.62. The maximum absolute atomic E-state index is 13.2. The van der Waals surface area contributed by atoms with Crippen LogP contribution >= 0.6 is 11.6 Å². The van der Waals surface area contributed by atoms with Gasteiger partial charge in [-0.1, -0.05) is 23.7 Å². The van der Waals surface area contributed by atoms with Crippen molar-refractivity contribution in [2.45, 2.75) is 45.2 Å². The maximum Gasteiger partial charge on any atom is 0.220 e. The molecule has 0 aliphatic heterocycles. The van der Waals surface area contributed by atoms with Gasteiger partial charge in [0.1, 0.15) is 11.6 Å². The zero-order chi connectivity index (χ0) is 19.5. The molecule has 1 aliphatic rings. The maximum atomic E-state index is 13.2. The summed E-state index contributed by atoms with van der Waals surface area (Å²) in [6, 6.07) is 12.2. The van der Waals surface area contributed by atoms with Crippen LogP contribution in [0.1, 0.15) is 37.1 Å². The molecule has 1 heterocycles. The first-order valence-electron chi connectivity index (χ1n) is 9.74. The van der Waals surface area contributed by atoms with E-state index in [4.69, 9.17) is 16.6 Å². The summed E-state index contributed by atoms with van der Waals surface area (Å²) in [6.07, 6.45) is 4.26. The van der Waals surface area contributed by atoms with Gasteiger partial charge < -0.3 is 9.88 Å². The van der Waals surface area contributed by atoms with Crippen molar-refractivity contribution < 1.29 is 9.18 Å². The quantitative estimate of drug-likeness (QED) is 0.587. The molecule has 146 valence electrons. The van der Waals surface area contributed by atoms with Crippen molar-refractivity contribution in [2.75, 3.05) is 0 Å². The Labute approximate surface area is 168 Å². The molecule has 6 heteroatoms. The van der Waals surface area contributed by atoms with Gasteiger partial charge in [-0.15, -0.1) is 0 Å². The number of nitrogens with zero attached hydrogens (tertiary/aromatic N) is 2. The van der Waals surface area contributed by atoms with Gasteiger partial charge in [-0.2, -0.15) is 0 Å². The summed E-state index contributed by atoms with van der Waals surface area (Å²) in [5.74, 6) is 1.30. The number of aromatic nitrogens is 2. The predicted molar refractivity (Wildman–Crippen MR) is 109 cm³/mol. The summed E-state index contributed by atoms with van der Waals surface area (Å²) in [6.45, 7) is 1.32. The molecular formula is C22H23ClFN3O. The monoisotopic (exact) mass is 399 g/mol. The minimum atomic E-state index is -0.239. The topological polar surface area (TPSA) is 46.9 Å². The molecule has 3 aromatic rings. The minimum Gasteiger partial charge on any atom is -0.349 e. The van der Waals surface area contributed by atoms with Crippen LogP contribution in [0.4, 0.5) is 4.39 Å². The third-order valence-corrected chi connectivity index (χ3v) is 5.36. The van der Waals surface area contributed by atoms with Crippen LogP contribution in [0.2, 0.25) is 5.02 Å². The van der Waals surface area contributed by atoms with E-state index >= 15 is 0 Å². The molecule has 0 bridgehead atoms. The molecule has 0 unspecified atom stereocenters. The summed E-state index contributed by atoms with van der Waals surface area (Å²) in [5, 5.41) is 3.67. The normalized spacial score (nSPS) is 13.8. The number of benzene rings is 2. The third-order valence-electron chi connectivity index (χ3n) is 5.13. The smallest absolute Gasteiger partial charge is 0.220 e. The van der Waals surface area contributed by atoms with Crippen LogP contribution in [0.3, 0.4) is 0 Å². The predicted octanol–water partition coefficient (Wildman–Crippen LogP) is 4.88. The van der Waals surface area contributed by atoms with Gasteiger partial charge in [0.25, 0.3) is 0 Å². The first kappa shape index (κ1) is 18.9. The van der Waals surface area contributed by atoms with Gasteiger partial charge in [0.05, 0.1) is 17.6 Å². The number of halogens is 2. The number of fused-ring (bicyclic) bond motifs is 1. The zero-order valence-electron chi connectivity index (χ0n) is 15.6. The number of imidazole rings is 1. The number of nitrogens with one attached hydrogen (secondary N) is 1. The molecule has 1 amide bonds. The Morgan fingerprint density at radius 3 is 2.89 bits per heavy atom. The molecule has 1 aromatic heterocycles. The lowest BCUT2D eigenvalue weighted by Crippen LogP contribution is -2.24. The van der Waals surface area contributed by atoms with E-state index in [2.05, 4.69) is 9.88 Å². The molecule has 2 aromatic carbocycles. The van der Waals surface area contributed by atoms with Gasteiger partial charge in [0.15, 0.2) is 0 Å². The first-order chi connectivity index (χ1) is 13.6. The summed E-state index contributed by atoms with van der Waals surface area (Å²) in [4.78, 5) is 16.9. The molecule has 4 rings (SSSR count). The standard InChI is InChI=1S/C22H23ClFN3O/c23-17-9-10-19-20(12-17)27(14-16-7-8-16)21(26-19)13-25-22(28)6-2-4-15-3-1-5-18(24)11-15/h1,3,5,9-12,16H,2,4,6-8,13-14H2,(H,25,28). The molecule has 0 atom stereocenters. The van der Waals surface area contributed by atoms with E-state index in [9.17, 15) is 9.18 Å². The van der Waals surface area contributed by atoms with E-state index < -0.39 is 0 Å². The lowest BCUT2D eigenvalue weighted by Gasteiger charge is -2.10. The number of aryl methyl sites for hydroxylation is 1. The highest BCUT2D eigenvalue weighted by Crippen LogP contribution is 2.33. The molecule has 1 N–H and O–H groups in total. The van der Waals surface area contributed by atoms with Gasteiger partial charge in [0, 0.05) is 18.0 Å². The highest BCUT2D eigenvalue weighted by atomic mass is 35.5. The lowest BCUT2D eigenvalue weighted by molar-refractivity contribution is -0.121. The van der Waals surface area contributed by atoms with E-state index in [1.165, 1.54) is 25.0 Å². The number of hydrogen-bond donors (Lipinski definition) is 1. The van der Waals surface area contributed by atoms with Crippen LogP contribution in [-0.2, 0) is 24.3 Å². The Morgan fingerprint density at radius 1 is 1.25 bits per heavy atom. The second kappa shape index (κ2) is 8.31. The SMILES string of the molecule is O=C(CCCc1cccc(F)c1)NCc1nc2ccc(Cl)cc2n1CC1CC1. The molecule has 1 aliphatic carbocycles. The van der Waals surface area contributed by atoms with E-state index in [1.807, 2.05) is 24.3 Å². The van der Waals surface area contributed by atoms with Crippen LogP contribution in [0, 0.1) is 11.7 Å². The molecule has 1 fully saturated rings. The van der Waals surface area contributed by atoms with Gasteiger partial charge in [-0.25, -0.2) is 9.37 Å². The molecule has 28 heavy (non-hydrogen) atoms. The molecule has 1 saturated carbocycles. The summed E-state index contributed by atoms with van der Waals surface area (Å²) in [5.41, 5.74) is 2.84. The Bertz CT molecular complexity index is 997. The Hall–Kier alpha value is -2.40. The molecular weight excluding hydrogens is 377 g/mol. The van der Waals surface area contributed by atoms with Crippen molar-refractivity contribution in [3.63, 3.8) is 0 Å². The second-order valence-corrected chi connectivity index (χ2v) is 7.91. The van der Waals surface area contributed by atoms with Gasteiger partial charge in [0.2, 0.25) is 5.91 Å². The summed E-state index contributed by atoms with van der Waals surface area (Å²) < 4.78 is 15.4. The lowest BCUT2D eigenvalue weighted by atomic mass is 10.1. The van der Waals surface area contributed by atoms with Crippen LogP contribution in [0.15, 0.2) is 42.5 Å². The minimum absolute atomic E-state index is 0.0144. The third kappa shape index (κ3) is 4.71. The molecule has 4 nitrogen and oxygen atoms in total. The van der Waals surface area contributed by atoms with Crippen molar-refractivity contribution >= 4 is 28.5 Å². The molecule has 0 saturated heterocycles. The summed E-state index contributed by atoms with van der Waals surface area (Å²) >= 11 is 6.16. The highest BCUT2D eigenvalue weighted by Gasteiger charge is 2.24. The number of amides is 1. The fourth-order valence-electron chi connectivity index (χ4n) is 3.45. The van der Waals surface area contributed by atoms with Crippen molar-refractivity contribution in [3.05, 3.63) is 64.7 Å². The average Bonchev–Trinajstić information content (AvgIpc) is 3.42. The highest BCUT2D eigenvalue weighted by molar-refractivity contribution is 6.31. The second-order valence-electron chi connectivity index (χ2n) is 7.48. The fourth-order valence-corrected chi connectivity index (χ4v) is 3.62. The zero-order valence-corrected chi connectivity index (χ0v) is 16.4. The van der Waals surface area contributed by atoms with Gasteiger partial charge in [-0.3, -0.25) is 4.79 Å². The largest absolute Gasteiger partial charge is 0.349 e. The van der Waals surface area contributed by atoms with Crippen molar-refractivity contribution in [1.29, 1.82) is 0 Å². The first-order valence-corrected chi connectivity index (χ1v) is 10.1. The van der Waals surface area contributed by atoms with Crippen LogP contribution in [-0.4, -0.2) is 15.5 Å². The van der Waals surface area contributed by atoms with Crippen LogP contribution in [0.5, 0.6) is 0 Å². The fraction of sp³-hybridized carbons (Fsp3) is 0.364. The summed E-state index contributed by atoms with van der Waals surface area (Å²) in [7, 11) is 0. The van der Waals surface area contributed by atoms with Gasteiger partial charge >= 0.3 is 0 Å². The van der Waals surface area contributed by atoms with Crippen LogP contribution < -0.4 is 5.32 Å². The molecule has 0 radical (unpaired) electrons. The Balaban J connectivity index is 1.36. The van der Waals surface area contributed by atoms with Gasteiger partial charge in [-0.05, 0) is 67.5 Å². The molecule has 0 spiro atoms. The van der Waals surface area contributed by atoms with E-state index in [-0.39, 0.29) is 11.7 Å². The Morgan fingerprint density at radius 2 is 2.11 bits per heavy atom. The van der Waals surface area contributed by atoms with E-state index in [1.54, 1.807) is 6.07 Å². The average molecular weight is 400 g/mol. The van der Waals surface area contributed by atoms with Crippen molar-refractivity contribution in [1.82, 2.24) is 14.9 Å². The number of hydrogen-bond acceptors (Lipinski definition) is 2. The van der Waals surface area contributed by atoms with Crippen molar-refractivity contribution in [3.8, 4) is 0 Å². The van der Waals surface area contributed by atoms with Crippen LogP contribution in [0.25, 0.3) is 11.0 Å². The van der Waals surface area contributed by atoms with Crippen molar-refractivity contribution in [2.24, 2.45) is 5.92 Å². The van der Waals surface area contributed by atoms with E-state index in [0.29, 0.717) is 36.7 Å². The van der Waals surface area contributed by atoms with E-state index in [0.717, 1.165) is 29.0 Å². The number of carbonyl (C=O) groups is 1. The number of carbonyl (C=O) groups excluding carboxylic acids is 1. The number of rotatable bonds is 8.